The molecular weight excluding hydrogens is 407 g/mol. The van der Waals surface area contributed by atoms with E-state index in [2.05, 4.69) is 34.7 Å². The first-order chi connectivity index (χ1) is 14.2. The van der Waals surface area contributed by atoms with Gasteiger partial charge >= 0.3 is 0 Å². The van der Waals surface area contributed by atoms with Gasteiger partial charge < -0.3 is 9.64 Å². The van der Waals surface area contributed by atoms with Gasteiger partial charge in [0.2, 0.25) is 0 Å². The first-order valence-electron chi connectivity index (χ1n) is 9.60. The predicted octanol–water partition coefficient (Wildman–Crippen LogP) is 6.10. The largest absolute Gasteiger partial charge is 0.461 e. The molecule has 3 rings (SSSR count). The van der Waals surface area contributed by atoms with Gasteiger partial charge in [0.05, 0.1) is 15.5 Å². The maximum atomic E-state index is 13.2. The van der Waals surface area contributed by atoms with Crippen molar-refractivity contribution in [3.05, 3.63) is 54.6 Å². The number of aldehydes is 1. The molecule has 2 aromatic carbocycles. The van der Waals surface area contributed by atoms with Crippen molar-refractivity contribution in [1.29, 1.82) is 0 Å². The molecule has 0 bridgehead atoms. The molecule has 0 radical (unpaired) electrons. The van der Waals surface area contributed by atoms with E-state index in [1.165, 1.54) is 11.8 Å². The number of para-hydroxylation sites is 1. The number of rotatable bonds is 8. The van der Waals surface area contributed by atoms with Gasteiger partial charge in [-0.1, -0.05) is 38.0 Å². The highest BCUT2D eigenvalue weighted by Gasteiger charge is 2.25. The summed E-state index contributed by atoms with van der Waals surface area (Å²) >= 11 is 3.10. The zero-order valence-corrected chi connectivity index (χ0v) is 18.2. The van der Waals surface area contributed by atoms with Gasteiger partial charge in [0, 0.05) is 18.3 Å². The molecule has 1 unspecified atom stereocenters. The third kappa shape index (κ3) is 5.56. The number of nitrogens with one attached hydrogen (secondary N) is 1. The topological polar surface area (TPSA) is 41.6 Å². The summed E-state index contributed by atoms with van der Waals surface area (Å²) in [4.78, 5) is 14.7. The fourth-order valence-corrected chi connectivity index (χ4v) is 4.64. The van der Waals surface area contributed by atoms with Crippen molar-refractivity contribution in [2.24, 2.45) is 0 Å². The number of nitrogens with zero attached hydrogens (tertiary/aromatic N) is 1. The Kier molecular flexibility index (Phi) is 8.03. The van der Waals surface area contributed by atoms with E-state index in [-0.39, 0.29) is 6.29 Å². The lowest BCUT2D eigenvalue weighted by molar-refractivity contribution is -0.106. The molecule has 0 aromatic heterocycles. The number of halogens is 1. The molecule has 0 amide bonds. The molecule has 0 aliphatic carbocycles. The van der Waals surface area contributed by atoms with Gasteiger partial charge in [-0.3, -0.25) is 9.52 Å². The third-order valence-corrected chi connectivity index (χ3v) is 6.42. The second-order valence-electron chi connectivity index (χ2n) is 6.71. The molecule has 7 heteroatoms. The number of allylic oxidation sites excluding steroid dienone is 1. The van der Waals surface area contributed by atoms with Crippen LogP contribution in [0.1, 0.15) is 26.2 Å². The Hall–Kier alpha value is -1.96. The Morgan fingerprint density at radius 3 is 2.86 bits per heavy atom. The van der Waals surface area contributed by atoms with Crippen LogP contribution < -0.4 is 14.4 Å². The van der Waals surface area contributed by atoms with Crippen LogP contribution in [0.4, 0.5) is 15.8 Å². The minimum absolute atomic E-state index is 0.133. The standard InChI is InChI=1S/C22H25FN2O2S2/c1-3-4-8-17-13-25(18-9-6-5-7-10-18)19-11-22(28-2)20(12-21(19)29-24-17)27-15-16(23)14-26/h5-7,9-12,14-15,17,24H,3-4,8,13H2,1-2H3/b16-15-. The maximum absolute atomic E-state index is 13.2. The number of unbranched alkanes of at least 4 members (excludes halogenated alkanes) is 1. The highest BCUT2D eigenvalue weighted by Crippen LogP contribution is 2.43. The summed E-state index contributed by atoms with van der Waals surface area (Å²) in [7, 11) is 0. The quantitative estimate of drug-likeness (QED) is 0.179. The lowest BCUT2D eigenvalue weighted by Gasteiger charge is -2.28. The predicted molar refractivity (Wildman–Crippen MR) is 120 cm³/mol. The van der Waals surface area contributed by atoms with Gasteiger partial charge in [-0.25, -0.2) is 0 Å². The first kappa shape index (κ1) is 21.7. The van der Waals surface area contributed by atoms with E-state index in [0.717, 1.165) is 53.2 Å². The fourth-order valence-electron chi connectivity index (χ4n) is 3.18. The van der Waals surface area contributed by atoms with Crippen LogP contribution in [0.25, 0.3) is 0 Å². The number of benzene rings is 2. The number of ether oxygens (including phenoxy) is 1. The van der Waals surface area contributed by atoms with Crippen molar-refractivity contribution in [2.75, 3.05) is 17.7 Å². The average molecular weight is 433 g/mol. The van der Waals surface area contributed by atoms with E-state index in [1.807, 2.05) is 30.5 Å². The number of hydrogen-bond donors (Lipinski definition) is 1. The van der Waals surface area contributed by atoms with Crippen LogP contribution in [0, 0.1) is 0 Å². The Bertz CT molecular complexity index is 861. The van der Waals surface area contributed by atoms with Gasteiger partial charge in [0.15, 0.2) is 12.1 Å². The lowest BCUT2D eigenvalue weighted by atomic mass is 10.1. The minimum atomic E-state index is -0.941. The number of anilines is 2. The summed E-state index contributed by atoms with van der Waals surface area (Å²) in [5, 5.41) is 0. The van der Waals surface area contributed by atoms with E-state index >= 15 is 0 Å². The van der Waals surface area contributed by atoms with Crippen molar-refractivity contribution in [3.8, 4) is 5.75 Å². The molecular formula is C22H25FN2O2S2. The van der Waals surface area contributed by atoms with Crippen LogP contribution in [0.15, 0.2) is 64.3 Å². The summed E-state index contributed by atoms with van der Waals surface area (Å²) in [6, 6.07) is 14.6. The zero-order valence-electron chi connectivity index (χ0n) is 16.6. The van der Waals surface area contributed by atoms with Gasteiger partial charge in [0.25, 0.3) is 0 Å². The van der Waals surface area contributed by atoms with Crippen molar-refractivity contribution in [2.45, 2.75) is 42.0 Å². The van der Waals surface area contributed by atoms with Crippen LogP contribution in [-0.2, 0) is 4.79 Å². The van der Waals surface area contributed by atoms with Crippen LogP contribution in [-0.4, -0.2) is 25.1 Å². The van der Waals surface area contributed by atoms with Crippen LogP contribution in [0.2, 0.25) is 0 Å². The molecule has 154 valence electrons. The molecule has 2 aromatic rings. The third-order valence-electron chi connectivity index (χ3n) is 4.66. The van der Waals surface area contributed by atoms with Gasteiger partial charge in [0.1, 0.15) is 12.0 Å². The smallest absolute Gasteiger partial charge is 0.197 e. The van der Waals surface area contributed by atoms with Gasteiger partial charge in [-0.15, -0.1) is 11.8 Å². The van der Waals surface area contributed by atoms with Crippen LogP contribution in [0.5, 0.6) is 5.75 Å². The van der Waals surface area contributed by atoms with Gasteiger partial charge in [-0.2, -0.15) is 4.39 Å². The Morgan fingerprint density at radius 2 is 2.17 bits per heavy atom. The summed E-state index contributed by atoms with van der Waals surface area (Å²) in [5.41, 5.74) is 2.22. The van der Waals surface area contributed by atoms with E-state index in [9.17, 15) is 9.18 Å². The van der Waals surface area contributed by atoms with Crippen molar-refractivity contribution >= 4 is 41.4 Å². The normalized spacial score (nSPS) is 16.9. The number of hydrogen-bond acceptors (Lipinski definition) is 6. The number of carbonyl (C=O) groups is 1. The lowest BCUT2D eigenvalue weighted by Crippen LogP contribution is -2.34. The second kappa shape index (κ2) is 10.7. The van der Waals surface area contributed by atoms with Crippen LogP contribution in [0.3, 0.4) is 0 Å². The van der Waals surface area contributed by atoms with E-state index in [4.69, 9.17) is 4.74 Å². The molecule has 1 heterocycles. The minimum Gasteiger partial charge on any atom is -0.461 e. The zero-order chi connectivity index (χ0) is 20.6. The molecule has 4 nitrogen and oxygen atoms in total. The molecule has 0 fully saturated rings. The molecule has 0 saturated carbocycles. The van der Waals surface area contributed by atoms with E-state index < -0.39 is 5.83 Å². The summed E-state index contributed by atoms with van der Waals surface area (Å²) in [6.07, 6.45) is 6.35. The second-order valence-corrected chi connectivity index (χ2v) is 8.44. The van der Waals surface area contributed by atoms with Crippen molar-refractivity contribution in [3.63, 3.8) is 0 Å². The summed E-state index contributed by atoms with van der Waals surface area (Å²) in [5.74, 6) is -0.411. The number of carbonyl (C=O) groups excluding carboxylic acids is 1. The molecule has 1 atom stereocenters. The van der Waals surface area contributed by atoms with Crippen molar-refractivity contribution in [1.82, 2.24) is 4.72 Å². The first-order valence-corrected chi connectivity index (χ1v) is 11.6. The van der Waals surface area contributed by atoms with Crippen LogP contribution >= 0.6 is 23.7 Å². The molecule has 0 spiro atoms. The molecule has 1 N–H and O–H groups in total. The Labute approximate surface area is 180 Å². The highest BCUT2D eigenvalue weighted by atomic mass is 32.2. The van der Waals surface area contributed by atoms with E-state index in [0.29, 0.717) is 11.8 Å². The fraction of sp³-hybridized carbons (Fsp3) is 0.318. The van der Waals surface area contributed by atoms with E-state index in [1.54, 1.807) is 11.9 Å². The highest BCUT2D eigenvalue weighted by molar-refractivity contribution is 7.98. The van der Waals surface area contributed by atoms with Gasteiger partial charge in [-0.05, 0) is 48.9 Å². The SMILES string of the molecule is CCCCC1CN(c2ccccc2)c2cc(SC)c(O/C=C(\F)C=O)cc2SN1. The Morgan fingerprint density at radius 1 is 1.38 bits per heavy atom. The summed E-state index contributed by atoms with van der Waals surface area (Å²) < 4.78 is 22.3. The molecule has 0 saturated heterocycles. The molecule has 1 aliphatic rings. The molecule has 29 heavy (non-hydrogen) atoms. The Balaban J connectivity index is 2.01. The average Bonchev–Trinajstić information content (AvgIpc) is 2.94. The summed E-state index contributed by atoms with van der Waals surface area (Å²) in [6.45, 7) is 3.06. The number of fused-ring (bicyclic) bond motifs is 1. The maximum Gasteiger partial charge on any atom is 0.197 e. The van der Waals surface area contributed by atoms with Crippen molar-refractivity contribution < 1.29 is 13.9 Å². The number of thioether (sulfide) groups is 1. The molecule has 1 aliphatic heterocycles. The monoisotopic (exact) mass is 432 g/mol.